The number of hydrogen-bond donors (Lipinski definition) is 2. The molecule has 0 unspecified atom stereocenters. The quantitative estimate of drug-likeness (QED) is 0.572. The SMILES string of the molecule is COc1c(Cl)cc(Cl)cc1C(=O)NC(=S)Nc1cc(C(F)(F)F)ccc1Cl. The number of thiocarbonyl (C=S) groups is 1. The zero-order chi connectivity index (χ0) is 20.4. The van der Waals surface area contributed by atoms with Gasteiger partial charge >= 0.3 is 6.18 Å². The van der Waals surface area contributed by atoms with Gasteiger partial charge in [-0.3, -0.25) is 10.1 Å². The zero-order valence-corrected chi connectivity index (χ0v) is 16.5. The Morgan fingerprint density at radius 2 is 1.78 bits per heavy atom. The maximum Gasteiger partial charge on any atom is 0.416 e. The highest BCUT2D eigenvalue weighted by molar-refractivity contribution is 7.80. The number of benzene rings is 2. The standard InChI is InChI=1S/C16H10Cl3F3N2O2S/c1-26-13-9(5-8(17)6-11(13)19)14(25)24-15(27)23-12-4-7(16(20,21)22)2-3-10(12)18/h2-6H,1H3,(H2,23,24,25,27). The first-order chi connectivity index (χ1) is 12.5. The molecule has 2 rings (SSSR count). The Balaban J connectivity index is 2.21. The summed E-state index contributed by atoms with van der Waals surface area (Å²) in [5.74, 6) is -0.657. The van der Waals surface area contributed by atoms with Crippen LogP contribution in [-0.2, 0) is 6.18 Å². The Bertz CT molecular complexity index is 907. The summed E-state index contributed by atoms with van der Waals surface area (Å²) in [6.07, 6.45) is -4.56. The minimum Gasteiger partial charge on any atom is -0.494 e. The summed E-state index contributed by atoms with van der Waals surface area (Å²) in [4.78, 5) is 12.4. The molecule has 2 N–H and O–H groups in total. The van der Waals surface area contributed by atoms with Gasteiger partial charge in [-0.2, -0.15) is 13.2 Å². The predicted octanol–water partition coefficient (Wildman–Crippen LogP) is 5.80. The molecule has 0 aliphatic carbocycles. The number of methoxy groups -OCH3 is 1. The minimum atomic E-state index is -4.56. The summed E-state index contributed by atoms with van der Waals surface area (Å²) in [6, 6.07) is 5.36. The van der Waals surface area contributed by atoms with E-state index in [1.807, 2.05) is 0 Å². The fraction of sp³-hybridized carbons (Fsp3) is 0.125. The van der Waals surface area contributed by atoms with E-state index in [1.54, 1.807) is 0 Å². The van der Waals surface area contributed by atoms with Gasteiger partial charge in [0.2, 0.25) is 0 Å². The van der Waals surface area contributed by atoms with Gasteiger partial charge in [0.05, 0.1) is 34.0 Å². The van der Waals surface area contributed by atoms with Crippen LogP contribution in [0.15, 0.2) is 30.3 Å². The van der Waals surface area contributed by atoms with Gasteiger partial charge in [-0.05, 0) is 42.5 Å². The number of amides is 1. The Morgan fingerprint density at radius 1 is 1.11 bits per heavy atom. The van der Waals surface area contributed by atoms with Gasteiger partial charge in [-0.25, -0.2) is 0 Å². The summed E-state index contributed by atoms with van der Waals surface area (Å²) >= 11 is 22.7. The Hall–Kier alpha value is -1.74. The number of hydrogen-bond acceptors (Lipinski definition) is 3. The fourth-order valence-electron chi connectivity index (χ4n) is 2.06. The van der Waals surface area contributed by atoms with Crippen molar-refractivity contribution in [2.75, 3.05) is 12.4 Å². The van der Waals surface area contributed by atoms with Crippen molar-refractivity contribution >= 4 is 63.7 Å². The van der Waals surface area contributed by atoms with Gasteiger partial charge in [0.1, 0.15) is 5.75 Å². The van der Waals surface area contributed by atoms with Crippen molar-refractivity contribution < 1.29 is 22.7 Å². The monoisotopic (exact) mass is 456 g/mol. The summed E-state index contributed by atoms with van der Waals surface area (Å²) in [6.45, 7) is 0. The average molecular weight is 458 g/mol. The van der Waals surface area contributed by atoms with Crippen LogP contribution in [0.1, 0.15) is 15.9 Å². The van der Waals surface area contributed by atoms with Crippen LogP contribution in [0.2, 0.25) is 15.1 Å². The summed E-state index contributed by atoms with van der Waals surface area (Å²) in [5, 5.41) is 4.76. The number of alkyl halides is 3. The van der Waals surface area contributed by atoms with Crippen molar-refractivity contribution in [3.8, 4) is 5.75 Å². The van der Waals surface area contributed by atoms with E-state index < -0.39 is 17.6 Å². The van der Waals surface area contributed by atoms with Gasteiger partial charge in [0.15, 0.2) is 5.11 Å². The van der Waals surface area contributed by atoms with Crippen LogP contribution in [0.4, 0.5) is 18.9 Å². The highest BCUT2D eigenvalue weighted by Gasteiger charge is 2.31. The van der Waals surface area contributed by atoms with E-state index in [-0.39, 0.29) is 37.2 Å². The third-order valence-corrected chi connectivity index (χ3v) is 4.26. The van der Waals surface area contributed by atoms with Crippen LogP contribution in [0, 0.1) is 0 Å². The fourth-order valence-corrected chi connectivity index (χ4v) is 3.00. The van der Waals surface area contributed by atoms with Crippen LogP contribution in [0.3, 0.4) is 0 Å². The lowest BCUT2D eigenvalue weighted by atomic mass is 10.2. The second-order valence-corrected chi connectivity index (χ2v) is 6.73. The highest BCUT2D eigenvalue weighted by atomic mass is 35.5. The molecule has 0 spiro atoms. The van der Waals surface area contributed by atoms with E-state index in [1.165, 1.54) is 19.2 Å². The zero-order valence-electron chi connectivity index (χ0n) is 13.4. The van der Waals surface area contributed by atoms with Crippen molar-refractivity contribution in [2.45, 2.75) is 6.18 Å². The largest absolute Gasteiger partial charge is 0.494 e. The molecule has 11 heteroatoms. The molecule has 0 fully saturated rings. The van der Waals surface area contributed by atoms with Crippen LogP contribution >= 0.6 is 47.0 Å². The van der Waals surface area contributed by atoms with Crippen molar-refractivity contribution in [1.29, 1.82) is 0 Å². The molecule has 0 saturated carbocycles. The molecule has 0 aliphatic heterocycles. The van der Waals surface area contributed by atoms with Gasteiger partial charge in [-0.1, -0.05) is 34.8 Å². The minimum absolute atomic E-state index is 0.00529. The van der Waals surface area contributed by atoms with Crippen LogP contribution in [-0.4, -0.2) is 18.1 Å². The first kappa shape index (κ1) is 21.6. The van der Waals surface area contributed by atoms with Crippen molar-refractivity contribution in [3.05, 3.63) is 56.5 Å². The third kappa shape index (κ3) is 5.38. The Labute approximate surface area is 172 Å². The van der Waals surface area contributed by atoms with Crippen molar-refractivity contribution in [2.24, 2.45) is 0 Å². The Kier molecular flexibility index (Phi) is 6.80. The molecular formula is C16H10Cl3F3N2O2S. The molecule has 4 nitrogen and oxygen atoms in total. The van der Waals surface area contributed by atoms with Crippen molar-refractivity contribution in [3.63, 3.8) is 0 Å². The summed E-state index contributed by atoms with van der Waals surface area (Å²) in [7, 11) is 1.31. The normalized spacial score (nSPS) is 11.1. The first-order valence-electron chi connectivity index (χ1n) is 7.05. The summed E-state index contributed by atoms with van der Waals surface area (Å²) < 4.78 is 43.5. The molecule has 0 radical (unpaired) electrons. The molecule has 0 aromatic heterocycles. The van der Waals surface area contributed by atoms with E-state index in [0.29, 0.717) is 0 Å². The molecule has 144 valence electrons. The smallest absolute Gasteiger partial charge is 0.416 e. The first-order valence-corrected chi connectivity index (χ1v) is 8.59. The van der Waals surface area contributed by atoms with E-state index in [2.05, 4.69) is 10.6 Å². The number of carbonyl (C=O) groups is 1. The average Bonchev–Trinajstić information content (AvgIpc) is 2.55. The highest BCUT2D eigenvalue weighted by Crippen LogP contribution is 2.34. The molecule has 0 saturated heterocycles. The molecule has 2 aromatic rings. The van der Waals surface area contributed by atoms with Crippen LogP contribution in [0.5, 0.6) is 5.75 Å². The van der Waals surface area contributed by atoms with E-state index in [4.69, 9.17) is 51.8 Å². The van der Waals surface area contributed by atoms with Gasteiger partial charge < -0.3 is 10.1 Å². The number of anilines is 1. The molecule has 27 heavy (non-hydrogen) atoms. The van der Waals surface area contributed by atoms with E-state index >= 15 is 0 Å². The molecule has 2 aromatic carbocycles. The lowest BCUT2D eigenvalue weighted by molar-refractivity contribution is -0.137. The van der Waals surface area contributed by atoms with Gasteiger partial charge in [0, 0.05) is 5.02 Å². The lowest BCUT2D eigenvalue weighted by Gasteiger charge is -2.15. The third-order valence-electron chi connectivity index (χ3n) is 3.23. The number of halogens is 6. The number of rotatable bonds is 3. The van der Waals surface area contributed by atoms with E-state index in [9.17, 15) is 18.0 Å². The predicted molar refractivity (Wildman–Crippen MR) is 103 cm³/mol. The maximum absolute atomic E-state index is 12.8. The number of nitrogens with one attached hydrogen (secondary N) is 2. The molecule has 0 atom stereocenters. The second kappa shape index (κ2) is 8.52. The molecule has 1 amide bonds. The molecule has 0 heterocycles. The lowest BCUT2D eigenvalue weighted by Crippen LogP contribution is -2.34. The Morgan fingerprint density at radius 3 is 2.37 bits per heavy atom. The number of carbonyl (C=O) groups excluding carboxylic acids is 1. The molecule has 0 bridgehead atoms. The number of ether oxygens (including phenoxy) is 1. The van der Waals surface area contributed by atoms with E-state index in [0.717, 1.165) is 18.2 Å². The molecular weight excluding hydrogens is 448 g/mol. The molecule has 0 aliphatic rings. The van der Waals surface area contributed by atoms with Crippen LogP contribution in [0.25, 0.3) is 0 Å². The van der Waals surface area contributed by atoms with Gasteiger partial charge in [-0.15, -0.1) is 0 Å². The van der Waals surface area contributed by atoms with Gasteiger partial charge in [0.25, 0.3) is 5.91 Å². The second-order valence-electron chi connectivity index (χ2n) is 5.07. The maximum atomic E-state index is 12.8. The summed E-state index contributed by atoms with van der Waals surface area (Å²) in [5.41, 5.74) is -1.05. The van der Waals surface area contributed by atoms with Crippen LogP contribution < -0.4 is 15.4 Å². The van der Waals surface area contributed by atoms with Crippen molar-refractivity contribution in [1.82, 2.24) is 5.32 Å². The topological polar surface area (TPSA) is 50.4 Å².